The van der Waals surface area contributed by atoms with Gasteiger partial charge >= 0.3 is 0 Å². The van der Waals surface area contributed by atoms with Crippen molar-refractivity contribution < 1.29 is 4.42 Å². The third kappa shape index (κ3) is 1.84. The molecule has 0 aliphatic carbocycles. The Hall–Kier alpha value is -1.19. The summed E-state index contributed by atoms with van der Waals surface area (Å²) in [5.41, 5.74) is 6.10. The maximum absolute atomic E-state index is 5.83. The molecule has 14 heavy (non-hydrogen) atoms. The molecule has 0 amide bonds. The zero-order chi connectivity index (χ0) is 10.1. The minimum Gasteiger partial charge on any atom is -0.424 e. The quantitative estimate of drug-likeness (QED) is 0.816. The fraction of sp³-hybridized carbons (Fsp3) is 0. The summed E-state index contributed by atoms with van der Waals surface area (Å²) >= 11 is 11.7. The molecule has 0 fully saturated rings. The summed E-state index contributed by atoms with van der Waals surface area (Å²) in [6.07, 6.45) is 1.53. The van der Waals surface area contributed by atoms with Gasteiger partial charge in [-0.15, -0.1) is 0 Å². The van der Waals surface area contributed by atoms with Gasteiger partial charge in [0.25, 0.3) is 6.01 Å². The van der Waals surface area contributed by atoms with Gasteiger partial charge < -0.3 is 10.2 Å². The highest BCUT2D eigenvalue weighted by atomic mass is 35.5. The highest BCUT2D eigenvalue weighted by molar-refractivity contribution is 6.35. The number of rotatable bonds is 1. The molecule has 3 nitrogen and oxygen atoms in total. The normalized spacial score (nSPS) is 10.4. The molecule has 2 N–H and O–H groups in total. The Bertz CT molecular complexity index is 447. The Labute approximate surface area is 90.4 Å². The molecule has 0 saturated heterocycles. The van der Waals surface area contributed by atoms with Gasteiger partial charge in [-0.25, -0.2) is 4.98 Å². The molecule has 72 valence electrons. The van der Waals surface area contributed by atoms with Gasteiger partial charge in [-0.3, -0.25) is 0 Å². The zero-order valence-electron chi connectivity index (χ0n) is 7.00. The van der Waals surface area contributed by atoms with Crippen LogP contribution in [0.4, 0.5) is 6.01 Å². The van der Waals surface area contributed by atoms with E-state index in [-0.39, 0.29) is 6.01 Å². The Morgan fingerprint density at radius 1 is 1.14 bits per heavy atom. The Kier molecular flexibility index (Phi) is 2.35. The second-order valence-corrected chi connectivity index (χ2v) is 3.59. The van der Waals surface area contributed by atoms with Gasteiger partial charge in [0.1, 0.15) is 0 Å². The lowest BCUT2D eigenvalue weighted by molar-refractivity contribution is 0.595. The SMILES string of the molecule is Nc1ncc(-c2cc(Cl)cc(Cl)c2)o1. The van der Waals surface area contributed by atoms with Gasteiger partial charge in [-0.05, 0) is 18.2 Å². The van der Waals surface area contributed by atoms with Gasteiger partial charge in [0.2, 0.25) is 0 Å². The number of nitrogens with zero attached hydrogens (tertiary/aromatic N) is 1. The minimum absolute atomic E-state index is 0.121. The first kappa shape index (κ1) is 9.37. The smallest absolute Gasteiger partial charge is 0.292 e. The number of oxazole rings is 1. The fourth-order valence-corrected chi connectivity index (χ4v) is 1.64. The van der Waals surface area contributed by atoms with Crippen LogP contribution in [0.5, 0.6) is 0 Å². The molecule has 0 aliphatic rings. The summed E-state index contributed by atoms with van der Waals surface area (Å²) in [6, 6.07) is 5.23. The molecule has 0 atom stereocenters. The van der Waals surface area contributed by atoms with Crippen molar-refractivity contribution in [1.82, 2.24) is 4.98 Å². The number of benzene rings is 1. The van der Waals surface area contributed by atoms with Crippen LogP contribution in [0.25, 0.3) is 11.3 Å². The van der Waals surface area contributed by atoms with E-state index >= 15 is 0 Å². The molecule has 0 saturated carbocycles. The van der Waals surface area contributed by atoms with Crippen LogP contribution in [0, 0.1) is 0 Å². The topological polar surface area (TPSA) is 52.0 Å². The molecule has 0 spiro atoms. The van der Waals surface area contributed by atoms with E-state index in [0.29, 0.717) is 15.8 Å². The third-order valence-electron chi connectivity index (χ3n) is 1.67. The lowest BCUT2D eigenvalue weighted by Gasteiger charge is -1.98. The monoisotopic (exact) mass is 228 g/mol. The van der Waals surface area contributed by atoms with E-state index in [1.165, 1.54) is 6.20 Å². The standard InChI is InChI=1S/C9H6Cl2N2O/c10-6-1-5(2-7(11)3-6)8-4-13-9(12)14-8/h1-4H,(H2,12,13). The molecule has 5 heteroatoms. The third-order valence-corrected chi connectivity index (χ3v) is 2.11. The summed E-state index contributed by atoms with van der Waals surface area (Å²) in [5.74, 6) is 0.548. The lowest BCUT2D eigenvalue weighted by Crippen LogP contribution is -1.80. The average molecular weight is 229 g/mol. The Balaban J connectivity index is 2.51. The molecule has 2 rings (SSSR count). The van der Waals surface area contributed by atoms with Gasteiger partial charge in [0, 0.05) is 15.6 Å². The summed E-state index contributed by atoms with van der Waals surface area (Å²) in [5, 5.41) is 1.09. The van der Waals surface area contributed by atoms with E-state index in [1.807, 2.05) is 0 Å². The van der Waals surface area contributed by atoms with Crippen molar-refractivity contribution in [3.63, 3.8) is 0 Å². The lowest BCUT2D eigenvalue weighted by atomic mass is 10.2. The van der Waals surface area contributed by atoms with E-state index in [4.69, 9.17) is 33.4 Å². The summed E-state index contributed by atoms with van der Waals surface area (Å²) < 4.78 is 5.13. The number of anilines is 1. The maximum Gasteiger partial charge on any atom is 0.292 e. The number of nitrogen functional groups attached to an aromatic ring is 1. The predicted octanol–water partition coefficient (Wildman–Crippen LogP) is 3.23. The first-order chi connectivity index (χ1) is 6.65. The van der Waals surface area contributed by atoms with Gasteiger partial charge in [-0.1, -0.05) is 23.2 Å². The second-order valence-electron chi connectivity index (χ2n) is 2.72. The molecular weight excluding hydrogens is 223 g/mol. The predicted molar refractivity (Wildman–Crippen MR) is 56.4 cm³/mol. The van der Waals surface area contributed by atoms with Crippen LogP contribution in [-0.4, -0.2) is 4.98 Å². The Morgan fingerprint density at radius 2 is 1.79 bits per heavy atom. The van der Waals surface area contributed by atoms with Crippen LogP contribution in [0.15, 0.2) is 28.8 Å². The van der Waals surface area contributed by atoms with E-state index in [9.17, 15) is 0 Å². The Morgan fingerprint density at radius 3 is 2.29 bits per heavy atom. The molecule has 2 aromatic rings. The zero-order valence-corrected chi connectivity index (χ0v) is 8.51. The molecule has 1 aromatic carbocycles. The van der Waals surface area contributed by atoms with Crippen molar-refractivity contribution in [2.45, 2.75) is 0 Å². The first-order valence-corrected chi connectivity index (χ1v) is 4.58. The van der Waals surface area contributed by atoms with E-state index in [0.717, 1.165) is 5.56 Å². The number of hydrogen-bond acceptors (Lipinski definition) is 3. The second kappa shape index (κ2) is 3.52. The van der Waals surface area contributed by atoms with Crippen LogP contribution in [-0.2, 0) is 0 Å². The molecule has 0 unspecified atom stereocenters. The van der Waals surface area contributed by atoms with E-state index in [1.54, 1.807) is 18.2 Å². The fourth-order valence-electron chi connectivity index (χ4n) is 1.12. The van der Waals surface area contributed by atoms with Crippen LogP contribution >= 0.6 is 23.2 Å². The van der Waals surface area contributed by atoms with Crippen LogP contribution in [0.1, 0.15) is 0 Å². The van der Waals surface area contributed by atoms with Crippen molar-refractivity contribution in [3.05, 3.63) is 34.4 Å². The molecule has 1 aromatic heterocycles. The van der Waals surface area contributed by atoms with Crippen LogP contribution in [0.2, 0.25) is 10.0 Å². The highest BCUT2D eigenvalue weighted by Gasteiger charge is 2.05. The number of halogens is 2. The van der Waals surface area contributed by atoms with Crippen molar-refractivity contribution >= 4 is 29.2 Å². The number of hydrogen-bond donors (Lipinski definition) is 1. The van der Waals surface area contributed by atoms with Gasteiger partial charge in [0.15, 0.2) is 5.76 Å². The summed E-state index contributed by atoms with van der Waals surface area (Å²) in [4.78, 5) is 3.78. The van der Waals surface area contributed by atoms with Crippen molar-refractivity contribution in [1.29, 1.82) is 0 Å². The van der Waals surface area contributed by atoms with Crippen molar-refractivity contribution in [3.8, 4) is 11.3 Å². The van der Waals surface area contributed by atoms with Crippen LogP contribution in [0.3, 0.4) is 0 Å². The van der Waals surface area contributed by atoms with Gasteiger partial charge in [-0.2, -0.15) is 0 Å². The first-order valence-electron chi connectivity index (χ1n) is 3.83. The van der Waals surface area contributed by atoms with Crippen LogP contribution < -0.4 is 5.73 Å². The summed E-state index contributed by atoms with van der Waals surface area (Å²) in [6.45, 7) is 0. The van der Waals surface area contributed by atoms with Crippen molar-refractivity contribution in [2.24, 2.45) is 0 Å². The van der Waals surface area contributed by atoms with E-state index in [2.05, 4.69) is 4.98 Å². The minimum atomic E-state index is 0.121. The number of aromatic nitrogens is 1. The molecule has 1 heterocycles. The molecule has 0 radical (unpaired) electrons. The summed E-state index contributed by atoms with van der Waals surface area (Å²) in [7, 11) is 0. The van der Waals surface area contributed by atoms with E-state index < -0.39 is 0 Å². The molecular formula is C9H6Cl2N2O. The largest absolute Gasteiger partial charge is 0.424 e. The van der Waals surface area contributed by atoms with Crippen molar-refractivity contribution in [2.75, 3.05) is 5.73 Å². The highest BCUT2D eigenvalue weighted by Crippen LogP contribution is 2.27. The maximum atomic E-state index is 5.83. The van der Waals surface area contributed by atoms with Gasteiger partial charge in [0.05, 0.1) is 6.20 Å². The number of nitrogens with two attached hydrogens (primary N) is 1. The average Bonchev–Trinajstić information content (AvgIpc) is 2.50. The molecule has 0 aliphatic heterocycles. The molecule has 0 bridgehead atoms.